The average molecular weight is 365 g/mol. The van der Waals surface area contributed by atoms with Gasteiger partial charge in [0.1, 0.15) is 0 Å². The molecular formula is C21H17ClN2O2. The molecule has 1 fully saturated rings. The summed E-state index contributed by atoms with van der Waals surface area (Å²) in [6, 6.07) is 20.9. The van der Waals surface area contributed by atoms with Gasteiger partial charge >= 0.3 is 0 Å². The molecule has 1 atom stereocenters. The Morgan fingerprint density at radius 3 is 2.58 bits per heavy atom. The number of benzene rings is 3. The molecule has 0 radical (unpaired) electrons. The predicted molar refractivity (Wildman–Crippen MR) is 104 cm³/mol. The minimum Gasteiger partial charge on any atom is -0.324 e. The van der Waals surface area contributed by atoms with E-state index in [0.717, 1.165) is 16.5 Å². The van der Waals surface area contributed by atoms with E-state index >= 15 is 0 Å². The lowest BCUT2D eigenvalue weighted by Crippen LogP contribution is -2.28. The average Bonchev–Trinajstić information content (AvgIpc) is 3.05. The van der Waals surface area contributed by atoms with Crippen molar-refractivity contribution >= 4 is 45.6 Å². The second kappa shape index (κ2) is 6.81. The summed E-state index contributed by atoms with van der Waals surface area (Å²) in [5.74, 6) is -0.632. The Labute approximate surface area is 156 Å². The highest BCUT2D eigenvalue weighted by atomic mass is 35.5. The first-order chi connectivity index (χ1) is 12.6. The fraction of sp³-hybridized carbons (Fsp3) is 0.143. The predicted octanol–water partition coefficient (Wildman–Crippen LogP) is 4.48. The molecule has 4 rings (SSSR count). The molecule has 1 saturated heterocycles. The fourth-order valence-electron chi connectivity index (χ4n) is 3.36. The Bertz CT molecular complexity index is 997. The molecule has 3 aromatic carbocycles. The van der Waals surface area contributed by atoms with Gasteiger partial charge in [0, 0.05) is 18.4 Å². The van der Waals surface area contributed by atoms with E-state index in [-0.39, 0.29) is 18.2 Å². The van der Waals surface area contributed by atoms with Crippen LogP contribution in [0.4, 0.5) is 11.4 Å². The van der Waals surface area contributed by atoms with Gasteiger partial charge in [-0.05, 0) is 23.6 Å². The lowest BCUT2D eigenvalue weighted by atomic mass is 10.1. The highest BCUT2D eigenvalue weighted by Crippen LogP contribution is 2.32. The number of hydrogen-bond donors (Lipinski definition) is 1. The Balaban J connectivity index is 1.57. The molecular weight excluding hydrogens is 348 g/mol. The van der Waals surface area contributed by atoms with E-state index in [9.17, 15) is 9.59 Å². The molecule has 1 aliphatic heterocycles. The Morgan fingerprint density at radius 2 is 1.73 bits per heavy atom. The maximum atomic E-state index is 12.6. The van der Waals surface area contributed by atoms with Crippen molar-refractivity contribution < 1.29 is 9.59 Å². The van der Waals surface area contributed by atoms with Crippen LogP contribution in [0.3, 0.4) is 0 Å². The summed E-state index contributed by atoms with van der Waals surface area (Å²) in [6.45, 7) is 0.364. The van der Waals surface area contributed by atoms with Crippen LogP contribution in [0, 0.1) is 5.92 Å². The van der Waals surface area contributed by atoms with E-state index in [1.54, 1.807) is 23.1 Å². The van der Waals surface area contributed by atoms with E-state index in [1.165, 1.54) is 0 Å². The van der Waals surface area contributed by atoms with Crippen LogP contribution >= 0.6 is 11.6 Å². The smallest absolute Gasteiger partial charge is 0.229 e. The van der Waals surface area contributed by atoms with Gasteiger partial charge in [-0.2, -0.15) is 0 Å². The van der Waals surface area contributed by atoms with Gasteiger partial charge < -0.3 is 10.2 Å². The molecule has 2 amide bonds. The van der Waals surface area contributed by atoms with Crippen molar-refractivity contribution in [2.24, 2.45) is 5.92 Å². The van der Waals surface area contributed by atoms with Crippen LogP contribution in [0.2, 0.25) is 5.02 Å². The van der Waals surface area contributed by atoms with E-state index in [0.29, 0.717) is 17.3 Å². The van der Waals surface area contributed by atoms with E-state index in [4.69, 9.17) is 11.6 Å². The van der Waals surface area contributed by atoms with Crippen LogP contribution in [-0.2, 0) is 9.59 Å². The molecule has 130 valence electrons. The molecule has 0 aromatic heterocycles. The van der Waals surface area contributed by atoms with Crippen molar-refractivity contribution in [2.75, 3.05) is 16.8 Å². The van der Waals surface area contributed by atoms with Crippen LogP contribution in [0.15, 0.2) is 66.7 Å². The first kappa shape index (κ1) is 16.6. The third kappa shape index (κ3) is 3.04. The summed E-state index contributed by atoms with van der Waals surface area (Å²) < 4.78 is 0. The van der Waals surface area contributed by atoms with Crippen LogP contribution < -0.4 is 10.2 Å². The standard InChI is InChI=1S/C21H17ClN2O2/c22-17-9-3-4-10-18(17)23-21(26)15-12-20(25)24(13-15)19-11-5-7-14-6-1-2-8-16(14)19/h1-11,15H,12-13H2,(H,23,26). The largest absolute Gasteiger partial charge is 0.324 e. The van der Waals surface area contributed by atoms with Crippen LogP contribution in [0.1, 0.15) is 6.42 Å². The zero-order valence-corrected chi connectivity index (χ0v) is 14.7. The van der Waals surface area contributed by atoms with Crippen molar-refractivity contribution in [1.29, 1.82) is 0 Å². The first-order valence-electron chi connectivity index (χ1n) is 8.47. The van der Waals surface area contributed by atoms with Crippen molar-refractivity contribution in [3.63, 3.8) is 0 Å². The summed E-state index contributed by atoms with van der Waals surface area (Å²) in [4.78, 5) is 26.9. The van der Waals surface area contributed by atoms with Crippen LogP contribution in [0.5, 0.6) is 0 Å². The number of halogens is 1. The highest BCUT2D eigenvalue weighted by molar-refractivity contribution is 6.33. The molecule has 1 unspecified atom stereocenters. The quantitative estimate of drug-likeness (QED) is 0.744. The van der Waals surface area contributed by atoms with Gasteiger partial charge in [0.05, 0.1) is 22.3 Å². The van der Waals surface area contributed by atoms with Gasteiger partial charge in [-0.3, -0.25) is 9.59 Å². The molecule has 0 saturated carbocycles. The third-order valence-electron chi connectivity index (χ3n) is 4.68. The van der Waals surface area contributed by atoms with Gasteiger partial charge in [0.2, 0.25) is 11.8 Å². The number of hydrogen-bond acceptors (Lipinski definition) is 2. The molecule has 0 spiro atoms. The molecule has 1 heterocycles. The number of rotatable bonds is 3. The maximum Gasteiger partial charge on any atom is 0.229 e. The second-order valence-electron chi connectivity index (χ2n) is 6.37. The molecule has 1 N–H and O–H groups in total. The van der Waals surface area contributed by atoms with Crippen LogP contribution in [0.25, 0.3) is 10.8 Å². The van der Waals surface area contributed by atoms with E-state index < -0.39 is 5.92 Å². The summed E-state index contributed by atoms with van der Waals surface area (Å²) in [5, 5.41) is 5.40. The lowest BCUT2D eigenvalue weighted by molar-refractivity contribution is -0.122. The monoisotopic (exact) mass is 364 g/mol. The lowest BCUT2D eigenvalue weighted by Gasteiger charge is -2.19. The van der Waals surface area contributed by atoms with E-state index in [1.807, 2.05) is 48.5 Å². The summed E-state index contributed by atoms with van der Waals surface area (Å²) in [7, 11) is 0. The zero-order valence-electron chi connectivity index (χ0n) is 14.0. The molecule has 0 aliphatic carbocycles. The molecule has 3 aromatic rings. The molecule has 4 nitrogen and oxygen atoms in total. The van der Waals surface area contributed by atoms with E-state index in [2.05, 4.69) is 5.32 Å². The molecule has 5 heteroatoms. The second-order valence-corrected chi connectivity index (χ2v) is 6.78. The van der Waals surface area contributed by atoms with Gasteiger partial charge in [-0.15, -0.1) is 0 Å². The van der Waals surface area contributed by atoms with Crippen molar-refractivity contribution in [3.8, 4) is 0 Å². The number of fused-ring (bicyclic) bond motifs is 1. The molecule has 0 bridgehead atoms. The first-order valence-corrected chi connectivity index (χ1v) is 8.85. The highest BCUT2D eigenvalue weighted by Gasteiger charge is 2.35. The minimum absolute atomic E-state index is 0.0411. The molecule has 26 heavy (non-hydrogen) atoms. The number of carbonyl (C=O) groups is 2. The minimum atomic E-state index is -0.405. The number of anilines is 2. The van der Waals surface area contributed by atoms with Crippen molar-refractivity contribution in [1.82, 2.24) is 0 Å². The number of para-hydroxylation sites is 1. The molecule has 1 aliphatic rings. The number of nitrogens with zero attached hydrogens (tertiary/aromatic N) is 1. The van der Waals surface area contributed by atoms with Gasteiger partial charge in [0.25, 0.3) is 0 Å². The topological polar surface area (TPSA) is 49.4 Å². The number of nitrogens with one attached hydrogen (secondary N) is 1. The normalized spacial score (nSPS) is 16.9. The fourth-order valence-corrected chi connectivity index (χ4v) is 3.54. The zero-order chi connectivity index (χ0) is 18.1. The summed E-state index contributed by atoms with van der Waals surface area (Å²) in [5.41, 5.74) is 1.41. The van der Waals surface area contributed by atoms with Crippen molar-refractivity contribution in [3.05, 3.63) is 71.8 Å². The number of amides is 2. The Morgan fingerprint density at radius 1 is 1.00 bits per heavy atom. The summed E-state index contributed by atoms with van der Waals surface area (Å²) >= 11 is 6.10. The van der Waals surface area contributed by atoms with Gasteiger partial charge in [-0.25, -0.2) is 0 Å². The number of carbonyl (C=O) groups excluding carboxylic acids is 2. The summed E-state index contributed by atoms with van der Waals surface area (Å²) in [6.07, 6.45) is 0.194. The van der Waals surface area contributed by atoms with Crippen molar-refractivity contribution in [2.45, 2.75) is 6.42 Å². The van der Waals surface area contributed by atoms with Crippen LogP contribution in [-0.4, -0.2) is 18.4 Å². The Kier molecular flexibility index (Phi) is 4.35. The third-order valence-corrected chi connectivity index (χ3v) is 5.01. The van der Waals surface area contributed by atoms with Gasteiger partial charge in [0.15, 0.2) is 0 Å². The van der Waals surface area contributed by atoms with Gasteiger partial charge in [-0.1, -0.05) is 60.1 Å². The maximum absolute atomic E-state index is 12.6. The Hall–Kier alpha value is -2.85. The SMILES string of the molecule is O=C(Nc1ccccc1Cl)C1CC(=O)N(c2cccc3ccccc23)C1.